The number of primary amides is 1. The Morgan fingerprint density at radius 2 is 1.75 bits per heavy atom. The van der Waals surface area contributed by atoms with Crippen LogP contribution in [0.4, 0.5) is 5.69 Å². The molecule has 12 heteroatoms. The molecule has 0 fully saturated rings. The number of benzene rings is 2. The van der Waals surface area contributed by atoms with Crippen molar-refractivity contribution in [3.8, 4) is 16.9 Å². The van der Waals surface area contributed by atoms with E-state index in [1.807, 2.05) is 0 Å². The molecule has 12 nitrogen and oxygen atoms in total. The van der Waals surface area contributed by atoms with Crippen molar-refractivity contribution in [2.75, 3.05) is 19.4 Å². The van der Waals surface area contributed by atoms with Gasteiger partial charge in [0.05, 0.1) is 17.9 Å². The van der Waals surface area contributed by atoms with Crippen molar-refractivity contribution in [2.24, 2.45) is 17.6 Å². The fraction of sp³-hybridized carbons (Fsp3) is 0.250. The van der Waals surface area contributed by atoms with Crippen molar-refractivity contribution in [2.45, 2.75) is 24.5 Å². The number of ketones is 2. The number of aromatic hydroxyl groups is 1. The summed E-state index contributed by atoms with van der Waals surface area (Å²) in [6, 6.07) is 11.9. The highest BCUT2D eigenvalue weighted by Gasteiger charge is 2.63. The number of likely N-dealkylation sites (N-methyl/N-ethyl adjacent to an activating group) is 1. The van der Waals surface area contributed by atoms with E-state index in [9.17, 15) is 39.6 Å². The largest absolute Gasteiger partial charge is 0.510 e. The zero-order valence-corrected chi connectivity index (χ0v) is 23.7. The third-order valence-corrected chi connectivity index (χ3v) is 8.80. The number of furan rings is 1. The summed E-state index contributed by atoms with van der Waals surface area (Å²) in [5.41, 5.74) is 3.81. The second kappa shape index (κ2) is 10.2. The third-order valence-electron chi connectivity index (χ3n) is 8.80. The fourth-order valence-electron chi connectivity index (χ4n) is 6.85. The average molecular weight is 600 g/mol. The van der Waals surface area contributed by atoms with Crippen molar-refractivity contribution >= 4 is 29.1 Å². The first-order valence-electron chi connectivity index (χ1n) is 13.8. The van der Waals surface area contributed by atoms with Crippen molar-refractivity contribution in [1.82, 2.24) is 4.90 Å². The number of fused-ring (bicyclic) bond motifs is 3. The lowest BCUT2D eigenvalue weighted by atomic mass is 9.58. The standard InChI is InChI=1S/C32H29N3O9/c1-35(2)25-19-13-15-12-18-17(14-5-7-16(8-6-14)34-31(42)21-4-3-11-44-21)9-10-20(36)23(18)26(37)22(15)28(39)32(19,43)29(40)24(27(25)38)30(33)41/h3-11,15,19,25,36,38-39,43H,12-13H2,1-2H3,(H2,33,41)(H,34,42)/t15-,19-,25-,32-/m0/s1. The lowest BCUT2D eigenvalue weighted by Crippen LogP contribution is -2.63. The number of carbonyl (C=O) groups is 4. The van der Waals surface area contributed by atoms with Crippen LogP contribution < -0.4 is 11.1 Å². The number of amides is 2. The number of rotatable bonds is 5. The molecule has 7 N–H and O–H groups in total. The molecule has 0 unspecified atom stereocenters. The van der Waals surface area contributed by atoms with Gasteiger partial charge in [-0.2, -0.15) is 0 Å². The van der Waals surface area contributed by atoms with Gasteiger partial charge in [0.15, 0.2) is 17.1 Å². The predicted octanol–water partition coefficient (Wildman–Crippen LogP) is 2.63. The Kier molecular flexibility index (Phi) is 6.71. The molecule has 6 rings (SSSR count). The van der Waals surface area contributed by atoms with E-state index in [-0.39, 0.29) is 35.5 Å². The fourth-order valence-corrected chi connectivity index (χ4v) is 6.85. The molecule has 2 amide bonds. The molecule has 44 heavy (non-hydrogen) atoms. The van der Waals surface area contributed by atoms with E-state index in [0.717, 1.165) is 0 Å². The number of phenolic OH excluding ortho intramolecular Hbond substituents is 1. The Hall–Kier alpha value is -5.20. The van der Waals surface area contributed by atoms with Crippen LogP contribution in [0.25, 0.3) is 11.1 Å². The van der Waals surface area contributed by atoms with E-state index in [4.69, 9.17) is 10.2 Å². The predicted molar refractivity (Wildman–Crippen MR) is 156 cm³/mol. The van der Waals surface area contributed by atoms with Crippen molar-refractivity contribution < 1.29 is 44.0 Å². The third kappa shape index (κ3) is 4.13. The van der Waals surface area contributed by atoms with Gasteiger partial charge in [0.2, 0.25) is 5.78 Å². The van der Waals surface area contributed by atoms with Crippen LogP contribution in [0.1, 0.15) is 32.9 Å². The summed E-state index contributed by atoms with van der Waals surface area (Å²) < 4.78 is 5.12. The lowest BCUT2D eigenvalue weighted by molar-refractivity contribution is -0.148. The van der Waals surface area contributed by atoms with Gasteiger partial charge in [0, 0.05) is 17.2 Å². The Morgan fingerprint density at radius 1 is 1.05 bits per heavy atom. The van der Waals surface area contributed by atoms with Crippen molar-refractivity contribution in [3.63, 3.8) is 0 Å². The first-order valence-corrected chi connectivity index (χ1v) is 13.8. The number of hydrogen-bond acceptors (Lipinski definition) is 10. The lowest BCUT2D eigenvalue weighted by Gasteiger charge is -2.50. The zero-order valence-electron chi connectivity index (χ0n) is 23.7. The molecule has 3 aromatic rings. The van der Waals surface area contributed by atoms with Crippen LogP contribution in [0.5, 0.6) is 5.75 Å². The van der Waals surface area contributed by atoms with Gasteiger partial charge in [-0.05, 0) is 79.9 Å². The van der Waals surface area contributed by atoms with Crippen molar-refractivity contribution in [3.05, 3.63) is 94.3 Å². The molecular weight excluding hydrogens is 570 g/mol. The quantitative estimate of drug-likeness (QED) is 0.237. The van der Waals surface area contributed by atoms with Crippen LogP contribution in [0.2, 0.25) is 0 Å². The highest BCUT2D eigenvalue weighted by Crippen LogP contribution is 2.53. The number of allylic oxidation sites excluding steroid dienone is 1. The number of nitrogens with zero attached hydrogens (tertiary/aromatic N) is 1. The first kappa shape index (κ1) is 28.9. The van der Waals surface area contributed by atoms with Crippen LogP contribution in [0.3, 0.4) is 0 Å². The summed E-state index contributed by atoms with van der Waals surface area (Å²) >= 11 is 0. The summed E-state index contributed by atoms with van der Waals surface area (Å²) in [7, 11) is 3.15. The highest BCUT2D eigenvalue weighted by molar-refractivity contribution is 6.25. The number of hydrogen-bond donors (Lipinski definition) is 6. The second-order valence-corrected chi connectivity index (χ2v) is 11.5. The minimum absolute atomic E-state index is 0.0153. The van der Waals surface area contributed by atoms with Crippen LogP contribution >= 0.6 is 0 Å². The molecule has 3 aliphatic carbocycles. The highest BCUT2D eigenvalue weighted by atomic mass is 16.4. The normalized spacial score (nSPS) is 24.6. The number of Topliss-reactive ketones (excluding diaryl/α,β-unsaturated/α-hetero) is 2. The molecule has 0 saturated heterocycles. The molecule has 0 aliphatic heterocycles. The van der Waals surface area contributed by atoms with Gasteiger partial charge in [-0.1, -0.05) is 18.2 Å². The topological polar surface area (TPSA) is 204 Å². The van der Waals surface area contributed by atoms with E-state index >= 15 is 0 Å². The number of anilines is 1. The second-order valence-electron chi connectivity index (χ2n) is 11.5. The molecule has 1 aromatic heterocycles. The Bertz CT molecular complexity index is 1800. The van der Waals surface area contributed by atoms with E-state index in [2.05, 4.69) is 5.32 Å². The zero-order chi connectivity index (χ0) is 31.7. The maximum Gasteiger partial charge on any atom is 0.291 e. The number of aliphatic hydroxyl groups excluding tert-OH is 2. The summed E-state index contributed by atoms with van der Waals surface area (Å²) in [6.07, 6.45) is 1.53. The summed E-state index contributed by atoms with van der Waals surface area (Å²) in [5, 5.41) is 47.7. The number of nitrogens with one attached hydrogen (secondary N) is 1. The molecule has 0 saturated carbocycles. The van der Waals surface area contributed by atoms with E-state index in [1.165, 1.54) is 23.3 Å². The molecule has 226 valence electrons. The van der Waals surface area contributed by atoms with Gasteiger partial charge in [-0.3, -0.25) is 24.1 Å². The Labute approximate surface area is 250 Å². The minimum atomic E-state index is -2.70. The SMILES string of the molecule is CN(C)[C@@H]1C(O)=C(C(N)=O)C(=O)[C@@]2(O)C(O)=C3C(=O)c4c(O)ccc(-c5ccc(NC(=O)c6ccco6)cc5)c4C[C@H]3C[C@@H]12. The van der Waals surface area contributed by atoms with E-state index in [1.54, 1.807) is 50.5 Å². The monoisotopic (exact) mass is 599 g/mol. The number of phenols is 1. The van der Waals surface area contributed by atoms with E-state index in [0.29, 0.717) is 22.4 Å². The van der Waals surface area contributed by atoms with Crippen LogP contribution in [0.15, 0.2) is 81.9 Å². The van der Waals surface area contributed by atoms with Crippen LogP contribution in [-0.4, -0.2) is 74.4 Å². The van der Waals surface area contributed by atoms with E-state index < -0.39 is 64.0 Å². The Morgan fingerprint density at radius 3 is 2.36 bits per heavy atom. The molecule has 3 aliphatic rings. The molecule has 0 bridgehead atoms. The average Bonchev–Trinajstić information content (AvgIpc) is 3.51. The number of carbonyl (C=O) groups excluding carboxylic acids is 4. The van der Waals surface area contributed by atoms with Gasteiger partial charge >= 0.3 is 0 Å². The smallest absolute Gasteiger partial charge is 0.291 e. The maximum atomic E-state index is 14.0. The van der Waals surface area contributed by atoms with Gasteiger partial charge in [0.25, 0.3) is 11.8 Å². The molecule has 2 aromatic carbocycles. The van der Waals surface area contributed by atoms with Gasteiger partial charge in [0.1, 0.15) is 22.8 Å². The molecule has 1 heterocycles. The van der Waals surface area contributed by atoms with Gasteiger partial charge in [-0.25, -0.2) is 0 Å². The van der Waals surface area contributed by atoms with Gasteiger partial charge in [-0.15, -0.1) is 0 Å². The minimum Gasteiger partial charge on any atom is -0.510 e. The van der Waals surface area contributed by atoms with Crippen LogP contribution in [0, 0.1) is 11.8 Å². The maximum absolute atomic E-state index is 14.0. The number of nitrogens with two attached hydrogens (primary N) is 1. The molecule has 4 atom stereocenters. The van der Waals surface area contributed by atoms with Gasteiger partial charge < -0.3 is 35.9 Å². The Balaban J connectivity index is 1.41. The molecular formula is C32H29N3O9. The van der Waals surface area contributed by atoms with Crippen molar-refractivity contribution in [1.29, 1.82) is 0 Å². The summed E-state index contributed by atoms with van der Waals surface area (Å²) in [6.45, 7) is 0. The van der Waals surface area contributed by atoms with Crippen LogP contribution in [-0.2, 0) is 16.0 Å². The summed E-state index contributed by atoms with van der Waals surface area (Å²) in [5.74, 6) is -7.32. The summed E-state index contributed by atoms with van der Waals surface area (Å²) in [4.78, 5) is 53.4. The first-order chi connectivity index (χ1) is 20.9. The number of aliphatic hydroxyl groups is 3. The molecule has 0 spiro atoms. The molecule has 0 radical (unpaired) electrons.